The second-order valence-corrected chi connectivity index (χ2v) is 5.40. The summed E-state index contributed by atoms with van der Waals surface area (Å²) in [5.41, 5.74) is 1.62. The van der Waals surface area contributed by atoms with E-state index in [9.17, 15) is 4.39 Å². The summed E-state index contributed by atoms with van der Waals surface area (Å²) in [6.07, 6.45) is 2.97. The summed E-state index contributed by atoms with van der Waals surface area (Å²) in [4.78, 5) is 0. The highest BCUT2D eigenvalue weighted by Crippen LogP contribution is 2.07. The third kappa shape index (κ3) is 3.78. The number of hydrogen-bond acceptors (Lipinski definition) is 3. The molecule has 0 aliphatic heterocycles. The van der Waals surface area contributed by atoms with Crippen LogP contribution in [0.4, 0.5) is 4.39 Å². The first-order valence-corrected chi connectivity index (χ1v) is 7.64. The molecule has 0 amide bonds. The number of benzene rings is 2. The van der Waals surface area contributed by atoms with Crippen molar-refractivity contribution in [2.45, 2.75) is 12.8 Å². The standard InChI is InChI=1S/C17H15FN4S/c18-15-9-5-4-8-14(15)12-19-22-16(20-21-17(22)23)11-10-13-6-2-1-3-7-13/h1-9,12H,10-11H2,(H,21,23)/b19-12-. The van der Waals surface area contributed by atoms with Crippen molar-refractivity contribution in [3.8, 4) is 0 Å². The summed E-state index contributed by atoms with van der Waals surface area (Å²) >= 11 is 5.19. The van der Waals surface area contributed by atoms with E-state index in [0.717, 1.165) is 6.42 Å². The van der Waals surface area contributed by atoms with Gasteiger partial charge in [-0.15, -0.1) is 0 Å². The molecule has 3 aromatic rings. The lowest BCUT2D eigenvalue weighted by Gasteiger charge is -2.02. The summed E-state index contributed by atoms with van der Waals surface area (Å²) in [7, 11) is 0. The third-order valence-electron chi connectivity index (χ3n) is 3.42. The fourth-order valence-corrected chi connectivity index (χ4v) is 2.40. The summed E-state index contributed by atoms with van der Waals surface area (Å²) < 4.78 is 15.6. The van der Waals surface area contributed by atoms with Crippen molar-refractivity contribution < 1.29 is 4.39 Å². The summed E-state index contributed by atoms with van der Waals surface area (Å²) in [6, 6.07) is 16.6. The molecule has 0 saturated heterocycles. The van der Waals surface area contributed by atoms with Crippen LogP contribution in [0.3, 0.4) is 0 Å². The van der Waals surface area contributed by atoms with E-state index in [4.69, 9.17) is 12.2 Å². The summed E-state index contributed by atoms with van der Waals surface area (Å²) in [5.74, 6) is 0.392. The first kappa shape index (κ1) is 15.3. The molecule has 0 saturated carbocycles. The van der Waals surface area contributed by atoms with Crippen molar-refractivity contribution in [2.24, 2.45) is 5.10 Å². The minimum absolute atomic E-state index is 0.322. The Labute approximate surface area is 138 Å². The van der Waals surface area contributed by atoms with Gasteiger partial charge < -0.3 is 0 Å². The van der Waals surface area contributed by atoms with Crippen LogP contribution in [0.2, 0.25) is 0 Å². The molecule has 6 heteroatoms. The van der Waals surface area contributed by atoms with E-state index in [1.54, 1.807) is 18.2 Å². The molecule has 0 bridgehead atoms. The van der Waals surface area contributed by atoms with E-state index < -0.39 is 0 Å². The van der Waals surface area contributed by atoms with E-state index in [1.165, 1.54) is 22.5 Å². The van der Waals surface area contributed by atoms with Crippen LogP contribution in [0.1, 0.15) is 17.0 Å². The first-order chi connectivity index (χ1) is 11.2. The molecule has 0 radical (unpaired) electrons. The van der Waals surface area contributed by atoms with Gasteiger partial charge in [0.25, 0.3) is 0 Å². The zero-order valence-corrected chi connectivity index (χ0v) is 13.1. The number of nitrogens with one attached hydrogen (secondary N) is 1. The largest absolute Gasteiger partial charge is 0.250 e. The number of aryl methyl sites for hydroxylation is 2. The molecule has 1 heterocycles. The van der Waals surface area contributed by atoms with Gasteiger partial charge in [0, 0.05) is 12.0 Å². The van der Waals surface area contributed by atoms with E-state index in [0.29, 0.717) is 22.6 Å². The van der Waals surface area contributed by atoms with Crippen molar-refractivity contribution in [2.75, 3.05) is 0 Å². The second kappa shape index (κ2) is 7.11. The Morgan fingerprint density at radius 2 is 1.83 bits per heavy atom. The van der Waals surface area contributed by atoms with Gasteiger partial charge in [-0.1, -0.05) is 48.5 Å². The van der Waals surface area contributed by atoms with Gasteiger partial charge >= 0.3 is 0 Å². The molecule has 1 aromatic heterocycles. The van der Waals surface area contributed by atoms with Crippen LogP contribution in [-0.2, 0) is 12.8 Å². The van der Waals surface area contributed by atoms with E-state index >= 15 is 0 Å². The molecule has 0 unspecified atom stereocenters. The molecule has 0 atom stereocenters. The third-order valence-corrected chi connectivity index (χ3v) is 3.68. The van der Waals surface area contributed by atoms with E-state index in [-0.39, 0.29) is 5.82 Å². The number of aromatic amines is 1. The van der Waals surface area contributed by atoms with Crippen LogP contribution in [-0.4, -0.2) is 21.1 Å². The molecular formula is C17H15FN4S. The molecule has 0 aliphatic rings. The van der Waals surface area contributed by atoms with Gasteiger partial charge in [0.05, 0.1) is 6.21 Å². The number of halogens is 1. The van der Waals surface area contributed by atoms with Crippen LogP contribution < -0.4 is 0 Å². The van der Waals surface area contributed by atoms with Gasteiger partial charge in [-0.3, -0.25) is 5.10 Å². The Bertz CT molecular complexity index is 868. The Kier molecular flexibility index (Phi) is 4.73. The molecule has 4 nitrogen and oxygen atoms in total. The molecule has 23 heavy (non-hydrogen) atoms. The van der Waals surface area contributed by atoms with Crippen LogP contribution in [0, 0.1) is 10.6 Å². The zero-order valence-electron chi connectivity index (χ0n) is 12.3. The highest BCUT2D eigenvalue weighted by Gasteiger charge is 2.06. The average molecular weight is 326 g/mol. The molecule has 116 valence electrons. The monoisotopic (exact) mass is 326 g/mol. The second-order valence-electron chi connectivity index (χ2n) is 5.01. The SMILES string of the molecule is Fc1ccccc1/C=N\n1c(CCc2ccccc2)n[nH]c1=S. The summed E-state index contributed by atoms with van der Waals surface area (Å²) in [5, 5.41) is 11.2. The number of H-pyrrole nitrogens is 1. The maximum atomic E-state index is 13.6. The normalized spacial score (nSPS) is 11.2. The lowest BCUT2D eigenvalue weighted by atomic mass is 10.1. The highest BCUT2D eigenvalue weighted by molar-refractivity contribution is 7.71. The first-order valence-electron chi connectivity index (χ1n) is 7.23. The van der Waals surface area contributed by atoms with Crippen LogP contribution in [0.25, 0.3) is 0 Å². The molecule has 2 aromatic carbocycles. The van der Waals surface area contributed by atoms with Crippen LogP contribution >= 0.6 is 12.2 Å². The molecule has 0 aliphatic carbocycles. The lowest BCUT2D eigenvalue weighted by Crippen LogP contribution is -2.02. The van der Waals surface area contributed by atoms with Crippen molar-refractivity contribution >= 4 is 18.4 Å². The predicted molar refractivity (Wildman–Crippen MR) is 90.7 cm³/mol. The van der Waals surface area contributed by atoms with Crippen molar-refractivity contribution in [3.05, 3.63) is 82.1 Å². The minimum Gasteiger partial charge on any atom is -0.250 e. The van der Waals surface area contributed by atoms with Gasteiger partial charge in [0.2, 0.25) is 4.77 Å². The highest BCUT2D eigenvalue weighted by atomic mass is 32.1. The van der Waals surface area contributed by atoms with Crippen LogP contribution in [0.5, 0.6) is 0 Å². The number of hydrogen-bond donors (Lipinski definition) is 1. The van der Waals surface area contributed by atoms with Gasteiger partial charge in [0.15, 0.2) is 5.82 Å². The quantitative estimate of drug-likeness (QED) is 0.573. The zero-order chi connectivity index (χ0) is 16.1. The van der Waals surface area contributed by atoms with Crippen molar-refractivity contribution in [3.63, 3.8) is 0 Å². The average Bonchev–Trinajstić information content (AvgIpc) is 2.93. The fourth-order valence-electron chi connectivity index (χ4n) is 2.21. The number of nitrogens with zero attached hydrogens (tertiary/aromatic N) is 3. The van der Waals surface area contributed by atoms with Gasteiger partial charge in [-0.2, -0.15) is 14.9 Å². The Hall–Kier alpha value is -2.60. The number of rotatable bonds is 5. The van der Waals surface area contributed by atoms with Crippen molar-refractivity contribution in [1.29, 1.82) is 0 Å². The number of aromatic nitrogens is 3. The topological polar surface area (TPSA) is 46.0 Å². The molecule has 1 N–H and O–H groups in total. The fraction of sp³-hybridized carbons (Fsp3) is 0.118. The Balaban J connectivity index is 1.79. The smallest absolute Gasteiger partial charge is 0.216 e. The predicted octanol–water partition coefficient (Wildman–Crippen LogP) is 3.75. The van der Waals surface area contributed by atoms with Gasteiger partial charge in [-0.25, -0.2) is 4.39 Å². The molecule has 3 rings (SSSR count). The minimum atomic E-state index is -0.322. The molecule has 0 spiro atoms. The Morgan fingerprint density at radius 3 is 2.61 bits per heavy atom. The van der Waals surface area contributed by atoms with E-state index in [2.05, 4.69) is 27.4 Å². The molecular weight excluding hydrogens is 311 g/mol. The van der Waals surface area contributed by atoms with Gasteiger partial charge in [-0.05, 0) is 30.3 Å². The maximum Gasteiger partial charge on any atom is 0.216 e. The summed E-state index contributed by atoms with van der Waals surface area (Å²) in [6.45, 7) is 0. The maximum absolute atomic E-state index is 13.6. The van der Waals surface area contributed by atoms with Gasteiger partial charge in [0.1, 0.15) is 5.82 Å². The van der Waals surface area contributed by atoms with E-state index in [1.807, 2.05) is 18.2 Å². The van der Waals surface area contributed by atoms with Crippen LogP contribution in [0.15, 0.2) is 59.7 Å². The Morgan fingerprint density at radius 1 is 1.09 bits per heavy atom. The van der Waals surface area contributed by atoms with Crippen molar-refractivity contribution in [1.82, 2.24) is 14.9 Å². The lowest BCUT2D eigenvalue weighted by molar-refractivity contribution is 0.625. The molecule has 0 fully saturated rings.